The van der Waals surface area contributed by atoms with E-state index < -0.39 is 5.97 Å². The molecule has 1 heterocycles. The number of anilines is 1. The SMILES string of the molecule is CC(C)Nc1cc(-c2ccc(C(=O)O)cc2)c(Cl)cn1. The van der Waals surface area contributed by atoms with E-state index in [0.717, 1.165) is 16.9 Å². The average Bonchev–Trinajstić information content (AvgIpc) is 2.40. The molecule has 2 N–H and O–H groups in total. The quantitative estimate of drug-likeness (QED) is 0.896. The van der Waals surface area contributed by atoms with Gasteiger partial charge in [-0.15, -0.1) is 0 Å². The molecule has 0 amide bonds. The van der Waals surface area contributed by atoms with Gasteiger partial charge in [0, 0.05) is 17.8 Å². The van der Waals surface area contributed by atoms with Crippen molar-refractivity contribution in [1.29, 1.82) is 0 Å². The Morgan fingerprint density at radius 2 is 1.95 bits per heavy atom. The van der Waals surface area contributed by atoms with E-state index in [0.29, 0.717) is 5.02 Å². The number of nitrogens with zero attached hydrogens (tertiary/aromatic N) is 1. The predicted octanol–water partition coefficient (Wildman–Crippen LogP) is 3.92. The molecule has 2 rings (SSSR count). The van der Waals surface area contributed by atoms with E-state index in [9.17, 15) is 4.79 Å². The van der Waals surface area contributed by atoms with Gasteiger partial charge in [0.25, 0.3) is 0 Å². The van der Waals surface area contributed by atoms with E-state index in [2.05, 4.69) is 10.3 Å². The second-order valence-corrected chi connectivity index (χ2v) is 5.14. The normalized spacial score (nSPS) is 10.6. The number of carboxylic acid groups (broad SMARTS) is 1. The van der Waals surface area contributed by atoms with Crippen LogP contribution in [0.3, 0.4) is 0 Å². The Kier molecular flexibility index (Phi) is 4.25. The van der Waals surface area contributed by atoms with Gasteiger partial charge in [0.05, 0.1) is 10.6 Å². The molecule has 0 saturated carbocycles. The summed E-state index contributed by atoms with van der Waals surface area (Å²) in [5, 5.41) is 12.6. The summed E-state index contributed by atoms with van der Waals surface area (Å²) >= 11 is 6.16. The number of nitrogens with one attached hydrogen (secondary N) is 1. The summed E-state index contributed by atoms with van der Waals surface area (Å²) in [6.45, 7) is 4.05. The summed E-state index contributed by atoms with van der Waals surface area (Å²) in [5.41, 5.74) is 1.93. The Bertz CT molecular complexity index is 624. The fourth-order valence-corrected chi connectivity index (χ4v) is 2.04. The number of halogens is 1. The van der Waals surface area contributed by atoms with Gasteiger partial charge in [0.1, 0.15) is 5.82 Å². The van der Waals surface area contributed by atoms with Gasteiger partial charge in [0.2, 0.25) is 0 Å². The number of carbonyl (C=O) groups is 1. The third kappa shape index (κ3) is 3.27. The fourth-order valence-electron chi connectivity index (χ4n) is 1.83. The Balaban J connectivity index is 2.38. The van der Waals surface area contributed by atoms with E-state index in [-0.39, 0.29) is 11.6 Å². The Morgan fingerprint density at radius 1 is 1.30 bits per heavy atom. The Morgan fingerprint density at radius 3 is 2.50 bits per heavy atom. The molecule has 0 spiro atoms. The van der Waals surface area contributed by atoms with Crippen LogP contribution < -0.4 is 5.32 Å². The van der Waals surface area contributed by atoms with Gasteiger partial charge in [-0.05, 0) is 37.6 Å². The van der Waals surface area contributed by atoms with Crippen LogP contribution in [0.25, 0.3) is 11.1 Å². The maximum atomic E-state index is 10.8. The molecule has 2 aromatic rings. The maximum Gasteiger partial charge on any atom is 0.335 e. The molecule has 0 fully saturated rings. The van der Waals surface area contributed by atoms with Crippen molar-refractivity contribution in [3.63, 3.8) is 0 Å². The third-order valence-corrected chi connectivity index (χ3v) is 3.04. The van der Waals surface area contributed by atoms with Gasteiger partial charge < -0.3 is 10.4 Å². The minimum absolute atomic E-state index is 0.249. The Labute approximate surface area is 122 Å². The first-order valence-corrected chi connectivity index (χ1v) is 6.61. The zero-order chi connectivity index (χ0) is 14.7. The summed E-state index contributed by atoms with van der Waals surface area (Å²) in [6, 6.07) is 8.73. The molecule has 0 aliphatic heterocycles. The fraction of sp³-hybridized carbons (Fsp3) is 0.200. The molecular formula is C15H15ClN2O2. The highest BCUT2D eigenvalue weighted by Crippen LogP contribution is 2.29. The number of rotatable bonds is 4. The van der Waals surface area contributed by atoms with Crippen LogP contribution in [0.4, 0.5) is 5.82 Å². The van der Waals surface area contributed by atoms with Crippen molar-refractivity contribution in [2.24, 2.45) is 0 Å². The van der Waals surface area contributed by atoms with Crippen LogP contribution >= 0.6 is 11.6 Å². The van der Waals surface area contributed by atoms with Gasteiger partial charge in [-0.3, -0.25) is 0 Å². The number of aromatic carboxylic acids is 1. The first-order valence-electron chi connectivity index (χ1n) is 6.23. The number of hydrogen-bond acceptors (Lipinski definition) is 3. The summed E-state index contributed by atoms with van der Waals surface area (Å²) in [7, 11) is 0. The van der Waals surface area contributed by atoms with Crippen LogP contribution in [0, 0.1) is 0 Å². The lowest BCUT2D eigenvalue weighted by Crippen LogP contribution is -2.10. The van der Waals surface area contributed by atoms with Gasteiger partial charge in [0.15, 0.2) is 0 Å². The predicted molar refractivity (Wildman–Crippen MR) is 80.4 cm³/mol. The van der Waals surface area contributed by atoms with E-state index in [1.807, 2.05) is 19.9 Å². The largest absolute Gasteiger partial charge is 0.478 e. The second kappa shape index (κ2) is 5.92. The van der Waals surface area contributed by atoms with E-state index >= 15 is 0 Å². The lowest BCUT2D eigenvalue weighted by Gasteiger charge is -2.11. The molecule has 0 unspecified atom stereocenters. The van der Waals surface area contributed by atoms with Gasteiger partial charge in [-0.25, -0.2) is 9.78 Å². The maximum absolute atomic E-state index is 10.8. The zero-order valence-corrected chi connectivity index (χ0v) is 12.0. The number of hydrogen-bond donors (Lipinski definition) is 2. The summed E-state index contributed by atoms with van der Waals surface area (Å²) in [6.07, 6.45) is 1.59. The summed E-state index contributed by atoms with van der Waals surface area (Å²) in [5.74, 6) is -0.207. The van der Waals surface area contributed by atoms with Crippen molar-refractivity contribution in [2.75, 3.05) is 5.32 Å². The molecule has 0 bridgehead atoms. The molecule has 104 valence electrons. The minimum Gasteiger partial charge on any atom is -0.478 e. The molecule has 0 aliphatic rings. The van der Waals surface area contributed by atoms with Crippen LogP contribution in [-0.2, 0) is 0 Å². The van der Waals surface area contributed by atoms with Crippen molar-refractivity contribution in [3.8, 4) is 11.1 Å². The molecule has 0 radical (unpaired) electrons. The molecule has 5 heteroatoms. The molecule has 4 nitrogen and oxygen atoms in total. The van der Waals surface area contributed by atoms with Crippen molar-refractivity contribution >= 4 is 23.4 Å². The van der Waals surface area contributed by atoms with Crippen LogP contribution in [0.15, 0.2) is 36.5 Å². The minimum atomic E-state index is -0.945. The van der Waals surface area contributed by atoms with E-state index in [1.54, 1.807) is 30.5 Å². The first kappa shape index (κ1) is 14.3. The third-order valence-electron chi connectivity index (χ3n) is 2.73. The molecule has 1 aromatic carbocycles. The standard InChI is InChI=1S/C15H15ClN2O2/c1-9(2)18-14-7-12(13(16)8-17-14)10-3-5-11(6-4-10)15(19)20/h3-9H,1-2H3,(H,17,18)(H,19,20). The highest BCUT2D eigenvalue weighted by atomic mass is 35.5. The highest BCUT2D eigenvalue weighted by molar-refractivity contribution is 6.33. The van der Waals surface area contributed by atoms with Crippen LogP contribution in [-0.4, -0.2) is 22.1 Å². The molecule has 0 aliphatic carbocycles. The zero-order valence-electron chi connectivity index (χ0n) is 11.2. The van der Waals surface area contributed by atoms with Crippen LogP contribution in [0.5, 0.6) is 0 Å². The van der Waals surface area contributed by atoms with Gasteiger partial charge >= 0.3 is 5.97 Å². The molecule has 0 saturated heterocycles. The van der Waals surface area contributed by atoms with Crippen molar-refractivity contribution in [1.82, 2.24) is 4.98 Å². The van der Waals surface area contributed by atoms with Gasteiger partial charge in [-0.1, -0.05) is 23.7 Å². The molecule has 0 atom stereocenters. The first-order chi connectivity index (χ1) is 9.47. The topological polar surface area (TPSA) is 62.2 Å². The Hall–Kier alpha value is -2.07. The number of pyridine rings is 1. The highest BCUT2D eigenvalue weighted by Gasteiger charge is 2.08. The summed E-state index contributed by atoms with van der Waals surface area (Å²) in [4.78, 5) is 15.1. The lowest BCUT2D eigenvalue weighted by molar-refractivity contribution is 0.0697. The number of carboxylic acids is 1. The summed E-state index contributed by atoms with van der Waals surface area (Å²) < 4.78 is 0. The van der Waals surface area contributed by atoms with E-state index in [1.165, 1.54) is 0 Å². The van der Waals surface area contributed by atoms with Gasteiger partial charge in [-0.2, -0.15) is 0 Å². The van der Waals surface area contributed by atoms with Crippen molar-refractivity contribution in [3.05, 3.63) is 47.1 Å². The number of benzene rings is 1. The molecular weight excluding hydrogens is 276 g/mol. The molecule has 1 aromatic heterocycles. The average molecular weight is 291 g/mol. The second-order valence-electron chi connectivity index (χ2n) is 4.73. The molecule has 20 heavy (non-hydrogen) atoms. The van der Waals surface area contributed by atoms with Crippen LogP contribution in [0.1, 0.15) is 24.2 Å². The van der Waals surface area contributed by atoms with Crippen molar-refractivity contribution < 1.29 is 9.90 Å². The van der Waals surface area contributed by atoms with Crippen LogP contribution in [0.2, 0.25) is 5.02 Å². The number of aromatic nitrogens is 1. The van der Waals surface area contributed by atoms with Crippen molar-refractivity contribution in [2.45, 2.75) is 19.9 Å². The lowest BCUT2D eigenvalue weighted by atomic mass is 10.0. The monoisotopic (exact) mass is 290 g/mol. The van der Waals surface area contributed by atoms with E-state index in [4.69, 9.17) is 16.7 Å². The smallest absolute Gasteiger partial charge is 0.335 e.